The van der Waals surface area contributed by atoms with Crippen LogP contribution >= 0.6 is 11.8 Å². The Hall–Kier alpha value is -3.39. The number of Topliss-reactive ketones (excluding diaryl/α,β-unsaturated/α-hetero) is 1. The minimum atomic E-state index is -0.980. The number of fused-ring (bicyclic) bond motifs is 1. The van der Waals surface area contributed by atoms with Gasteiger partial charge >= 0.3 is 5.97 Å². The van der Waals surface area contributed by atoms with Gasteiger partial charge < -0.3 is 10.4 Å². The second-order valence-electron chi connectivity index (χ2n) is 7.56. The van der Waals surface area contributed by atoms with Crippen LogP contribution in [-0.2, 0) is 10.5 Å². The number of benzene rings is 2. The largest absolute Gasteiger partial charge is 0.478 e. The van der Waals surface area contributed by atoms with Gasteiger partial charge in [0.2, 0.25) is 11.1 Å². The molecule has 0 amide bonds. The molecule has 0 saturated heterocycles. The van der Waals surface area contributed by atoms with Gasteiger partial charge in [0.15, 0.2) is 5.78 Å². The maximum absolute atomic E-state index is 12.9. The lowest BCUT2D eigenvalue weighted by molar-refractivity contribution is -0.116. The van der Waals surface area contributed by atoms with Crippen LogP contribution in [0.5, 0.6) is 0 Å². The monoisotopic (exact) mass is 432 g/mol. The Morgan fingerprint density at radius 3 is 2.65 bits per heavy atom. The zero-order valence-corrected chi connectivity index (χ0v) is 17.4. The molecule has 0 radical (unpaired) electrons. The van der Waals surface area contributed by atoms with Crippen LogP contribution in [-0.4, -0.2) is 31.6 Å². The summed E-state index contributed by atoms with van der Waals surface area (Å²) in [6.45, 7) is 0. The number of thioether (sulfide) groups is 1. The molecule has 31 heavy (non-hydrogen) atoms. The van der Waals surface area contributed by atoms with Crippen LogP contribution < -0.4 is 5.32 Å². The van der Waals surface area contributed by atoms with Crippen molar-refractivity contribution in [3.63, 3.8) is 0 Å². The first-order chi connectivity index (χ1) is 15.1. The predicted octanol–water partition coefficient (Wildman–Crippen LogP) is 4.29. The number of aromatic nitrogens is 3. The van der Waals surface area contributed by atoms with Gasteiger partial charge in [-0.3, -0.25) is 4.79 Å². The van der Waals surface area contributed by atoms with Crippen LogP contribution in [0.15, 0.2) is 71.0 Å². The molecule has 1 aromatic heterocycles. The van der Waals surface area contributed by atoms with Gasteiger partial charge in [0.05, 0.1) is 5.56 Å². The van der Waals surface area contributed by atoms with Crippen molar-refractivity contribution in [1.82, 2.24) is 14.8 Å². The van der Waals surface area contributed by atoms with Crippen LogP contribution in [0.4, 0.5) is 5.95 Å². The molecule has 3 aromatic rings. The van der Waals surface area contributed by atoms with Gasteiger partial charge in [-0.25, -0.2) is 9.48 Å². The first kappa shape index (κ1) is 19.6. The summed E-state index contributed by atoms with van der Waals surface area (Å²) in [5.74, 6) is 0.470. The van der Waals surface area contributed by atoms with E-state index in [2.05, 4.69) is 22.4 Å². The highest BCUT2D eigenvalue weighted by molar-refractivity contribution is 7.98. The first-order valence-electron chi connectivity index (χ1n) is 10.1. The molecular formula is C23H20N4O3S. The number of nitrogens with one attached hydrogen (secondary N) is 1. The number of anilines is 1. The lowest BCUT2D eigenvalue weighted by atomic mass is 9.85. The molecule has 0 fully saturated rings. The summed E-state index contributed by atoms with van der Waals surface area (Å²) in [6, 6.07) is 16.3. The van der Waals surface area contributed by atoms with Crippen molar-refractivity contribution < 1.29 is 14.7 Å². The summed E-state index contributed by atoms with van der Waals surface area (Å²) >= 11 is 1.54. The number of aromatic carboxylic acids is 1. The molecule has 1 aliphatic heterocycles. The molecule has 0 spiro atoms. The molecular weight excluding hydrogens is 412 g/mol. The molecule has 2 aromatic carbocycles. The summed E-state index contributed by atoms with van der Waals surface area (Å²) in [5.41, 5.74) is 3.80. The van der Waals surface area contributed by atoms with Crippen molar-refractivity contribution in [3.8, 4) is 0 Å². The number of ketones is 1. The number of allylic oxidation sites excluding steroid dienone is 2. The van der Waals surface area contributed by atoms with E-state index in [1.54, 1.807) is 40.7 Å². The lowest BCUT2D eigenvalue weighted by Gasteiger charge is -2.32. The number of carboxylic acid groups (broad SMARTS) is 1. The maximum Gasteiger partial charge on any atom is 0.335 e. The van der Waals surface area contributed by atoms with Crippen LogP contribution in [0.1, 0.15) is 46.8 Å². The van der Waals surface area contributed by atoms with Gasteiger partial charge in [0, 0.05) is 23.4 Å². The number of carboxylic acids is 1. The number of carbonyl (C=O) groups is 2. The van der Waals surface area contributed by atoms with E-state index in [1.165, 1.54) is 5.56 Å². The molecule has 2 aliphatic rings. The highest BCUT2D eigenvalue weighted by Crippen LogP contribution is 2.40. The van der Waals surface area contributed by atoms with Crippen LogP contribution in [0, 0.1) is 0 Å². The molecule has 2 heterocycles. The number of carbonyl (C=O) groups excluding carboxylic acids is 1. The van der Waals surface area contributed by atoms with E-state index in [9.17, 15) is 14.7 Å². The lowest BCUT2D eigenvalue weighted by Crippen LogP contribution is -2.31. The predicted molar refractivity (Wildman–Crippen MR) is 117 cm³/mol. The van der Waals surface area contributed by atoms with E-state index >= 15 is 0 Å². The zero-order chi connectivity index (χ0) is 21.4. The van der Waals surface area contributed by atoms with Crippen molar-refractivity contribution in [3.05, 3.63) is 82.6 Å². The molecule has 0 saturated carbocycles. The molecule has 1 atom stereocenters. The van der Waals surface area contributed by atoms with Crippen molar-refractivity contribution in [2.75, 3.05) is 5.32 Å². The Bertz CT molecular complexity index is 1190. The second-order valence-corrected chi connectivity index (χ2v) is 8.50. The van der Waals surface area contributed by atoms with Crippen molar-refractivity contribution in [1.29, 1.82) is 0 Å². The first-order valence-corrected chi connectivity index (χ1v) is 11.1. The second kappa shape index (κ2) is 8.03. The van der Waals surface area contributed by atoms with Gasteiger partial charge in [0.1, 0.15) is 6.04 Å². The van der Waals surface area contributed by atoms with Gasteiger partial charge in [0.25, 0.3) is 0 Å². The summed E-state index contributed by atoms with van der Waals surface area (Å²) in [4.78, 5) is 28.8. The van der Waals surface area contributed by atoms with Crippen LogP contribution in [0.3, 0.4) is 0 Å². The van der Waals surface area contributed by atoms with E-state index in [-0.39, 0.29) is 11.3 Å². The number of hydrogen-bond donors (Lipinski definition) is 2. The molecule has 8 heteroatoms. The SMILES string of the molecule is O=C1CCCC2=C1C(c1ccc(C(=O)O)cc1)n1nc(SCc3ccccc3)nc1N2. The Kier molecular flexibility index (Phi) is 5.07. The minimum Gasteiger partial charge on any atom is -0.478 e. The van der Waals surface area contributed by atoms with E-state index in [1.807, 2.05) is 18.2 Å². The third kappa shape index (κ3) is 3.74. The zero-order valence-electron chi connectivity index (χ0n) is 16.6. The average molecular weight is 433 g/mol. The fraction of sp³-hybridized carbons (Fsp3) is 0.217. The number of rotatable bonds is 5. The Morgan fingerprint density at radius 1 is 1.13 bits per heavy atom. The van der Waals surface area contributed by atoms with Crippen LogP contribution in [0.25, 0.3) is 0 Å². The highest BCUT2D eigenvalue weighted by Gasteiger charge is 2.36. The molecule has 156 valence electrons. The molecule has 5 rings (SSSR count). The van der Waals surface area contributed by atoms with Crippen molar-refractivity contribution in [2.24, 2.45) is 0 Å². The summed E-state index contributed by atoms with van der Waals surface area (Å²) < 4.78 is 1.76. The van der Waals surface area contributed by atoms with Crippen molar-refractivity contribution in [2.45, 2.75) is 36.2 Å². The average Bonchev–Trinajstić information content (AvgIpc) is 3.20. The summed E-state index contributed by atoms with van der Waals surface area (Å²) in [7, 11) is 0. The van der Waals surface area contributed by atoms with E-state index in [4.69, 9.17) is 5.10 Å². The standard InChI is InChI=1S/C23H20N4O3S/c28-18-8-4-7-17-19(18)20(15-9-11-16(12-10-15)21(29)30)27-22(24-17)25-23(26-27)31-13-14-5-2-1-3-6-14/h1-3,5-6,9-12,20H,4,7-8,13H2,(H,29,30)(H,24,25,26). The fourth-order valence-electron chi connectivity index (χ4n) is 4.04. The summed E-state index contributed by atoms with van der Waals surface area (Å²) in [6.07, 6.45) is 2.09. The Balaban J connectivity index is 1.51. The van der Waals surface area contributed by atoms with E-state index in [0.717, 1.165) is 29.9 Å². The fourth-order valence-corrected chi connectivity index (χ4v) is 4.82. The quantitative estimate of drug-likeness (QED) is 0.581. The topological polar surface area (TPSA) is 97.1 Å². The molecule has 2 N–H and O–H groups in total. The molecule has 1 aliphatic carbocycles. The van der Waals surface area contributed by atoms with Crippen LogP contribution in [0.2, 0.25) is 0 Å². The Morgan fingerprint density at radius 2 is 1.90 bits per heavy atom. The molecule has 0 bridgehead atoms. The normalized spacial score (nSPS) is 17.7. The highest BCUT2D eigenvalue weighted by atomic mass is 32.2. The number of nitrogens with zero attached hydrogens (tertiary/aromatic N) is 3. The maximum atomic E-state index is 12.9. The van der Waals surface area contributed by atoms with Gasteiger partial charge in [-0.1, -0.05) is 54.2 Å². The number of hydrogen-bond acceptors (Lipinski definition) is 6. The van der Waals surface area contributed by atoms with Gasteiger partial charge in [-0.05, 0) is 36.1 Å². The molecule has 1 unspecified atom stereocenters. The van der Waals surface area contributed by atoms with E-state index in [0.29, 0.717) is 23.1 Å². The summed E-state index contributed by atoms with van der Waals surface area (Å²) in [5, 5.41) is 17.9. The third-order valence-corrected chi connectivity index (χ3v) is 6.44. The third-order valence-electron chi connectivity index (χ3n) is 5.53. The van der Waals surface area contributed by atoms with E-state index < -0.39 is 12.0 Å². The van der Waals surface area contributed by atoms with Gasteiger partial charge in [-0.2, -0.15) is 4.98 Å². The Labute approximate surface area is 183 Å². The molecule has 7 nitrogen and oxygen atoms in total. The van der Waals surface area contributed by atoms with Crippen molar-refractivity contribution >= 4 is 29.5 Å². The van der Waals surface area contributed by atoms with Gasteiger partial charge in [-0.15, -0.1) is 5.10 Å². The minimum absolute atomic E-state index is 0.0979. The smallest absolute Gasteiger partial charge is 0.335 e.